The minimum atomic E-state index is -0.144. The Hall–Kier alpha value is -1.26. The highest BCUT2D eigenvalue weighted by atomic mass is 35.5. The molecule has 0 amide bonds. The molecule has 1 fully saturated rings. The smallest absolute Gasteiger partial charge is 0.170 e. The number of benzene rings is 1. The Balaban J connectivity index is 2.34. The highest BCUT2D eigenvalue weighted by Crippen LogP contribution is 2.36. The Morgan fingerprint density at radius 1 is 1.29 bits per heavy atom. The van der Waals surface area contributed by atoms with Gasteiger partial charge in [0.1, 0.15) is 0 Å². The van der Waals surface area contributed by atoms with Crippen molar-refractivity contribution in [2.45, 2.75) is 33.3 Å². The van der Waals surface area contributed by atoms with Crippen LogP contribution in [0.3, 0.4) is 0 Å². The van der Waals surface area contributed by atoms with Gasteiger partial charge in [0.15, 0.2) is 17.3 Å². The van der Waals surface area contributed by atoms with E-state index >= 15 is 0 Å². The van der Waals surface area contributed by atoms with Crippen molar-refractivity contribution < 1.29 is 19.0 Å². The van der Waals surface area contributed by atoms with E-state index in [-0.39, 0.29) is 17.8 Å². The van der Waals surface area contributed by atoms with Crippen molar-refractivity contribution in [3.05, 3.63) is 22.7 Å². The van der Waals surface area contributed by atoms with Gasteiger partial charge in [0.2, 0.25) is 0 Å². The first-order chi connectivity index (χ1) is 10.1. The molecule has 1 aromatic carbocycles. The van der Waals surface area contributed by atoms with E-state index < -0.39 is 0 Å². The molecule has 2 unspecified atom stereocenters. The summed E-state index contributed by atoms with van der Waals surface area (Å²) >= 11 is 6.26. The quantitative estimate of drug-likeness (QED) is 0.751. The molecule has 5 heteroatoms. The van der Waals surface area contributed by atoms with Crippen LogP contribution in [0.25, 0.3) is 0 Å². The lowest BCUT2D eigenvalue weighted by atomic mass is 9.92. The van der Waals surface area contributed by atoms with Crippen LogP contribution in [-0.2, 0) is 4.74 Å². The number of hydrogen-bond acceptors (Lipinski definition) is 4. The fourth-order valence-corrected chi connectivity index (χ4v) is 2.78. The van der Waals surface area contributed by atoms with E-state index in [1.54, 1.807) is 12.1 Å². The van der Waals surface area contributed by atoms with Crippen molar-refractivity contribution in [1.82, 2.24) is 0 Å². The maximum Gasteiger partial charge on any atom is 0.170 e. The number of carbonyl (C=O) groups is 1. The van der Waals surface area contributed by atoms with E-state index in [9.17, 15) is 4.79 Å². The highest BCUT2D eigenvalue weighted by molar-refractivity contribution is 6.34. The minimum absolute atomic E-state index is 0.00833. The third kappa shape index (κ3) is 3.50. The van der Waals surface area contributed by atoms with E-state index in [0.717, 1.165) is 6.42 Å². The first kappa shape index (κ1) is 16.1. The fraction of sp³-hybridized carbons (Fsp3) is 0.562. The number of halogens is 1. The van der Waals surface area contributed by atoms with Crippen LogP contribution in [0.4, 0.5) is 0 Å². The van der Waals surface area contributed by atoms with Crippen LogP contribution in [-0.4, -0.2) is 31.7 Å². The zero-order valence-corrected chi connectivity index (χ0v) is 13.4. The van der Waals surface area contributed by atoms with Gasteiger partial charge in [-0.1, -0.05) is 11.6 Å². The highest BCUT2D eigenvalue weighted by Gasteiger charge is 2.33. The van der Waals surface area contributed by atoms with Crippen LogP contribution in [0.1, 0.15) is 37.6 Å². The number of hydrogen-bond donors (Lipinski definition) is 0. The summed E-state index contributed by atoms with van der Waals surface area (Å²) in [5.41, 5.74) is 0.478. The van der Waals surface area contributed by atoms with Crippen molar-refractivity contribution in [3.8, 4) is 11.5 Å². The van der Waals surface area contributed by atoms with E-state index in [4.69, 9.17) is 25.8 Å². The Kier molecular flexibility index (Phi) is 5.48. The van der Waals surface area contributed by atoms with Crippen LogP contribution < -0.4 is 9.47 Å². The lowest BCUT2D eigenvalue weighted by molar-refractivity contribution is 0.0764. The molecule has 21 heavy (non-hydrogen) atoms. The van der Waals surface area contributed by atoms with E-state index in [1.165, 1.54) is 0 Å². The Morgan fingerprint density at radius 2 is 1.90 bits per heavy atom. The molecule has 0 N–H and O–H groups in total. The van der Waals surface area contributed by atoms with Gasteiger partial charge in [-0.2, -0.15) is 0 Å². The summed E-state index contributed by atoms with van der Waals surface area (Å²) in [6.07, 6.45) is 0.656. The normalized spacial score (nSPS) is 21.3. The predicted octanol–water partition coefficient (Wildman–Crippen LogP) is 3.75. The molecule has 116 valence electrons. The van der Waals surface area contributed by atoms with Crippen molar-refractivity contribution in [3.63, 3.8) is 0 Å². The zero-order chi connectivity index (χ0) is 15.4. The molecule has 1 heterocycles. The van der Waals surface area contributed by atoms with Gasteiger partial charge >= 0.3 is 0 Å². The predicted molar refractivity (Wildman–Crippen MR) is 81.6 cm³/mol. The fourth-order valence-electron chi connectivity index (χ4n) is 2.54. The second kappa shape index (κ2) is 7.14. The first-order valence-electron chi connectivity index (χ1n) is 7.33. The van der Waals surface area contributed by atoms with Gasteiger partial charge in [-0.15, -0.1) is 0 Å². The molecule has 2 atom stereocenters. The molecule has 0 aromatic heterocycles. The molecule has 1 aliphatic rings. The summed E-state index contributed by atoms with van der Waals surface area (Å²) in [5, 5.41) is 0.394. The molecule has 1 aromatic rings. The van der Waals surface area contributed by atoms with E-state index in [1.807, 2.05) is 20.8 Å². The maximum absolute atomic E-state index is 12.6. The van der Waals surface area contributed by atoms with Gasteiger partial charge < -0.3 is 14.2 Å². The first-order valence-corrected chi connectivity index (χ1v) is 7.71. The van der Waals surface area contributed by atoms with Crippen molar-refractivity contribution in [2.75, 3.05) is 19.8 Å². The molecule has 4 nitrogen and oxygen atoms in total. The Bertz CT molecular complexity index is 515. The van der Waals surface area contributed by atoms with Gasteiger partial charge in [-0.3, -0.25) is 4.79 Å². The second-order valence-electron chi connectivity index (χ2n) is 4.98. The summed E-state index contributed by atoms with van der Waals surface area (Å²) < 4.78 is 16.5. The molecular formula is C16H21ClO4. The summed E-state index contributed by atoms with van der Waals surface area (Å²) in [7, 11) is 0. The molecule has 2 rings (SSSR count). The van der Waals surface area contributed by atoms with Crippen molar-refractivity contribution in [2.24, 2.45) is 5.92 Å². The maximum atomic E-state index is 12.6. The zero-order valence-electron chi connectivity index (χ0n) is 12.6. The van der Waals surface area contributed by atoms with Crippen LogP contribution in [0.15, 0.2) is 12.1 Å². The molecule has 0 spiro atoms. The van der Waals surface area contributed by atoms with Crippen LogP contribution in [0.5, 0.6) is 11.5 Å². The molecule has 1 aliphatic heterocycles. The molecule has 0 aliphatic carbocycles. The average molecular weight is 313 g/mol. The lowest BCUT2D eigenvalue weighted by Crippen LogP contribution is -2.22. The number of carbonyl (C=O) groups excluding carboxylic acids is 1. The van der Waals surface area contributed by atoms with Gasteiger partial charge in [-0.05, 0) is 33.3 Å². The second-order valence-corrected chi connectivity index (χ2v) is 5.39. The molecular weight excluding hydrogens is 292 g/mol. The molecule has 0 radical (unpaired) electrons. The third-order valence-electron chi connectivity index (χ3n) is 3.61. The summed E-state index contributed by atoms with van der Waals surface area (Å²) in [4.78, 5) is 12.6. The Labute approximate surface area is 130 Å². The van der Waals surface area contributed by atoms with E-state index in [0.29, 0.717) is 41.9 Å². The van der Waals surface area contributed by atoms with Crippen LogP contribution in [0, 0.1) is 5.92 Å². The van der Waals surface area contributed by atoms with Crippen molar-refractivity contribution in [1.29, 1.82) is 0 Å². The number of ether oxygens (including phenoxy) is 3. The monoisotopic (exact) mass is 312 g/mol. The number of rotatable bonds is 6. The summed E-state index contributed by atoms with van der Waals surface area (Å²) in [5.74, 6) is 0.985. The lowest BCUT2D eigenvalue weighted by Gasteiger charge is -2.17. The molecule has 1 saturated heterocycles. The van der Waals surface area contributed by atoms with Gasteiger partial charge in [0.05, 0.1) is 30.3 Å². The largest absolute Gasteiger partial charge is 0.490 e. The Morgan fingerprint density at radius 3 is 2.43 bits per heavy atom. The topological polar surface area (TPSA) is 44.8 Å². The van der Waals surface area contributed by atoms with Gasteiger partial charge in [-0.25, -0.2) is 0 Å². The van der Waals surface area contributed by atoms with Crippen LogP contribution >= 0.6 is 11.6 Å². The van der Waals surface area contributed by atoms with E-state index in [2.05, 4.69) is 0 Å². The van der Waals surface area contributed by atoms with Gasteiger partial charge in [0, 0.05) is 18.2 Å². The molecule has 0 saturated carbocycles. The minimum Gasteiger partial charge on any atom is -0.490 e. The average Bonchev–Trinajstić information content (AvgIpc) is 2.87. The molecule has 0 bridgehead atoms. The summed E-state index contributed by atoms with van der Waals surface area (Å²) in [6.45, 7) is 7.32. The summed E-state index contributed by atoms with van der Waals surface area (Å²) in [6, 6.07) is 3.34. The van der Waals surface area contributed by atoms with Crippen molar-refractivity contribution >= 4 is 17.4 Å². The number of ketones is 1. The number of Topliss-reactive ketones (excluding diaryl/α,β-unsaturated/α-hetero) is 1. The SMILES string of the molecule is CCOc1cc(Cl)c(C(=O)C2CCOC2C)cc1OCC. The standard InChI is InChI=1S/C16H21ClO4/c1-4-19-14-8-12(13(17)9-15(14)20-5-2)16(18)11-6-7-21-10(11)3/h8-11H,4-7H2,1-3H3. The third-order valence-corrected chi connectivity index (χ3v) is 3.92. The van der Waals surface area contributed by atoms with Crippen LogP contribution in [0.2, 0.25) is 5.02 Å². The van der Waals surface area contributed by atoms with Gasteiger partial charge in [0.25, 0.3) is 0 Å².